The SMILES string of the molecule is C=C(C(=O)O)/C(=C\C=C(C)C)NC(C)c1cc(C)cc2c(=O)c(C(F)(F)F)c(-c3ccccc3)oc12.CC. The number of carbonyl (C=O) groups is 1. The fourth-order valence-electron chi connectivity index (χ4n) is 3.76. The lowest BCUT2D eigenvalue weighted by Crippen LogP contribution is -2.24. The fraction of sp³-hybridized carbons (Fsp3) is 0.267. The topological polar surface area (TPSA) is 79.5 Å². The number of benzene rings is 2. The summed E-state index contributed by atoms with van der Waals surface area (Å²) >= 11 is 0. The van der Waals surface area contributed by atoms with Gasteiger partial charge in [-0.2, -0.15) is 13.2 Å². The van der Waals surface area contributed by atoms with Crippen LogP contribution >= 0.6 is 0 Å². The van der Waals surface area contributed by atoms with E-state index in [0.717, 1.165) is 5.57 Å². The van der Waals surface area contributed by atoms with Crippen LogP contribution in [-0.4, -0.2) is 11.1 Å². The van der Waals surface area contributed by atoms with Gasteiger partial charge in [-0.1, -0.05) is 68.5 Å². The maximum absolute atomic E-state index is 14.0. The van der Waals surface area contributed by atoms with Crippen LogP contribution in [0.4, 0.5) is 13.2 Å². The first-order valence-corrected chi connectivity index (χ1v) is 12.1. The number of aliphatic carboxylic acids is 1. The van der Waals surface area contributed by atoms with E-state index in [1.165, 1.54) is 18.2 Å². The summed E-state index contributed by atoms with van der Waals surface area (Å²) in [7, 11) is 0. The number of fused-ring (bicyclic) bond motifs is 1. The number of allylic oxidation sites excluding steroid dienone is 3. The highest BCUT2D eigenvalue weighted by molar-refractivity contribution is 5.91. The second-order valence-electron chi connectivity index (χ2n) is 8.70. The smallest absolute Gasteiger partial charge is 0.423 e. The van der Waals surface area contributed by atoms with Gasteiger partial charge in [0.25, 0.3) is 0 Å². The molecule has 0 aliphatic rings. The van der Waals surface area contributed by atoms with E-state index >= 15 is 0 Å². The Bertz CT molecular complexity index is 1440. The number of aryl methyl sites for hydroxylation is 1. The Hall–Kier alpha value is -4.07. The molecule has 0 saturated carbocycles. The number of hydrogen-bond acceptors (Lipinski definition) is 4. The highest BCUT2D eigenvalue weighted by Gasteiger charge is 2.39. The van der Waals surface area contributed by atoms with Gasteiger partial charge < -0.3 is 14.8 Å². The van der Waals surface area contributed by atoms with Crippen molar-refractivity contribution in [2.75, 3.05) is 0 Å². The van der Waals surface area contributed by atoms with Gasteiger partial charge in [-0.3, -0.25) is 4.79 Å². The Labute approximate surface area is 220 Å². The summed E-state index contributed by atoms with van der Waals surface area (Å²) in [6.07, 6.45) is -1.67. The minimum Gasteiger partial charge on any atom is -0.478 e. The molecule has 0 fully saturated rings. The normalized spacial score (nSPS) is 12.3. The fourth-order valence-corrected chi connectivity index (χ4v) is 3.76. The van der Waals surface area contributed by atoms with E-state index in [4.69, 9.17) is 4.42 Å². The predicted molar refractivity (Wildman–Crippen MR) is 145 cm³/mol. The Balaban J connectivity index is 0.00000247. The van der Waals surface area contributed by atoms with Crippen molar-refractivity contribution in [3.63, 3.8) is 0 Å². The monoisotopic (exact) mass is 527 g/mol. The average molecular weight is 528 g/mol. The lowest BCUT2D eigenvalue weighted by atomic mass is 9.98. The third-order valence-corrected chi connectivity index (χ3v) is 5.49. The molecule has 3 aromatic rings. The Kier molecular flexibility index (Phi) is 9.88. The lowest BCUT2D eigenvalue weighted by molar-refractivity contribution is -0.138. The van der Waals surface area contributed by atoms with Crippen molar-refractivity contribution < 1.29 is 27.5 Å². The summed E-state index contributed by atoms with van der Waals surface area (Å²) < 4.78 is 47.9. The molecule has 0 saturated heterocycles. The van der Waals surface area contributed by atoms with Crippen molar-refractivity contribution in [3.05, 3.63) is 105 Å². The number of alkyl halides is 3. The van der Waals surface area contributed by atoms with E-state index in [-0.39, 0.29) is 27.8 Å². The molecule has 2 aromatic carbocycles. The van der Waals surface area contributed by atoms with Crippen molar-refractivity contribution in [1.29, 1.82) is 0 Å². The molecular weight excluding hydrogens is 495 g/mol. The van der Waals surface area contributed by atoms with Gasteiger partial charge in [0.15, 0.2) is 5.76 Å². The van der Waals surface area contributed by atoms with Crippen molar-refractivity contribution in [2.24, 2.45) is 0 Å². The minimum atomic E-state index is -4.94. The molecule has 0 aliphatic carbocycles. The Morgan fingerprint density at radius 1 is 1.11 bits per heavy atom. The molecule has 0 amide bonds. The van der Waals surface area contributed by atoms with Crippen LogP contribution in [-0.2, 0) is 11.0 Å². The van der Waals surface area contributed by atoms with Gasteiger partial charge in [-0.25, -0.2) is 4.79 Å². The summed E-state index contributed by atoms with van der Waals surface area (Å²) in [4.78, 5) is 24.8. The second-order valence-corrected chi connectivity index (χ2v) is 8.70. The molecule has 1 atom stereocenters. The quantitative estimate of drug-likeness (QED) is 0.241. The van der Waals surface area contributed by atoms with E-state index in [2.05, 4.69) is 11.9 Å². The number of halogens is 3. The summed E-state index contributed by atoms with van der Waals surface area (Å²) in [5, 5.41) is 12.3. The first-order chi connectivity index (χ1) is 17.8. The molecule has 2 N–H and O–H groups in total. The highest BCUT2D eigenvalue weighted by atomic mass is 19.4. The third-order valence-electron chi connectivity index (χ3n) is 5.49. The van der Waals surface area contributed by atoms with E-state index in [1.807, 2.05) is 27.7 Å². The largest absolute Gasteiger partial charge is 0.478 e. The van der Waals surface area contributed by atoms with Crippen LogP contribution < -0.4 is 10.7 Å². The summed E-state index contributed by atoms with van der Waals surface area (Å²) in [5.74, 6) is -1.81. The zero-order valence-electron chi connectivity index (χ0n) is 22.3. The van der Waals surface area contributed by atoms with Gasteiger partial charge in [-0.05, 0) is 45.4 Å². The van der Waals surface area contributed by atoms with Crippen LogP contribution in [0.15, 0.2) is 87.3 Å². The highest BCUT2D eigenvalue weighted by Crippen LogP contribution is 2.38. The van der Waals surface area contributed by atoms with Crippen molar-refractivity contribution in [1.82, 2.24) is 5.32 Å². The van der Waals surface area contributed by atoms with Crippen LogP contribution in [0.2, 0.25) is 0 Å². The third kappa shape index (κ3) is 6.82. The second kappa shape index (κ2) is 12.4. The van der Waals surface area contributed by atoms with Crippen LogP contribution in [0.3, 0.4) is 0 Å². The van der Waals surface area contributed by atoms with Crippen LogP contribution in [0.1, 0.15) is 57.4 Å². The number of nitrogens with one attached hydrogen (secondary N) is 1. The minimum absolute atomic E-state index is 0.0139. The molecule has 0 spiro atoms. The zero-order valence-corrected chi connectivity index (χ0v) is 22.3. The first-order valence-electron chi connectivity index (χ1n) is 12.1. The van der Waals surface area contributed by atoms with Crippen LogP contribution in [0.5, 0.6) is 0 Å². The lowest BCUT2D eigenvalue weighted by Gasteiger charge is -2.21. The van der Waals surface area contributed by atoms with Crippen molar-refractivity contribution in [2.45, 2.75) is 53.8 Å². The van der Waals surface area contributed by atoms with Gasteiger partial charge in [0, 0.05) is 16.8 Å². The summed E-state index contributed by atoms with van der Waals surface area (Å²) in [6, 6.07) is 10.0. The molecule has 3 rings (SSSR count). The van der Waals surface area contributed by atoms with E-state index in [0.29, 0.717) is 11.1 Å². The molecule has 5 nitrogen and oxygen atoms in total. The maximum atomic E-state index is 14.0. The molecule has 1 heterocycles. The molecule has 1 unspecified atom stereocenters. The van der Waals surface area contributed by atoms with Gasteiger partial charge >= 0.3 is 12.1 Å². The average Bonchev–Trinajstić information content (AvgIpc) is 2.86. The first kappa shape index (κ1) is 30.2. The molecule has 8 heteroatoms. The van der Waals surface area contributed by atoms with E-state index in [9.17, 15) is 27.9 Å². The summed E-state index contributed by atoms with van der Waals surface area (Å²) in [5.41, 5.74) is -0.582. The molecule has 0 bridgehead atoms. The van der Waals surface area contributed by atoms with E-state index < -0.39 is 34.9 Å². The van der Waals surface area contributed by atoms with Gasteiger partial charge in [0.1, 0.15) is 11.1 Å². The Morgan fingerprint density at radius 3 is 2.24 bits per heavy atom. The molecular formula is C30H32F3NO4. The van der Waals surface area contributed by atoms with Crippen molar-refractivity contribution in [3.8, 4) is 11.3 Å². The number of rotatable bonds is 7. The van der Waals surface area contributed by atoms with Crippen LogP contribution in [0.25, 0.3) is 22.3 Å². The van der Waals surface area contributed by atoms with Crippen molar-refractivity contribution >= 4 is 16.9 Å². The van der Waals surface area contributed by atoms with Crippen LogP contribution in [0, 0.1) is 6.92 Å². The van der Waals surface area contributed by atoms with E-state index in [1.54, 1.807) is 50.3 Å². The number of hydrogen-bond donors (Lipinski definition) is 2. The molecule has 0 aliphatic heterocycles. The number of carboxylic acid groups (broad SMARTS) is 1. The predicted octanol–water partition coefficient (Wildman–Crippen LogP) is 7.95. The standard InChI is InChI=1S/C28H26F3NO4.C2H6/c1-15(2)11-12-22(17(4)27(34)35)32-18(5)20-13-16(3)14-21-24(33)23(28(29,30)31)25(36-26(20)21)19-9-7-6-8-10-19;1-2/h6-14,18,32H,4H2,1-3,5H3,(H,34,35);1-2H3/b22-12+;. The van der Waals surface area contributed by atoms with Gasteiger partial charge in [0.05, 0.1) is 17.0 Å². The molecule has 0 radical (unpaired) electrons. The summed E-state index contributed by atoms with van der Waals surface area (Å²) in [6.45, 7) is 14.6. The Morgan fingerprint density at radius 2 is 1.71 bits per heavy atom. The maximum Gasteiger partial charge on any atom is 0.423 e. The van der Waals surface area contributed by atoms with Gasteiger partial charge in [-0.15, -0.1) is 0 Å². The zero-order chi connectivity index (χ0) is 28.8. The molecule has 202 valence electrons. The molecule has 1 aromatic heterocycles. The number of carboxylic acids is 1. The van der Waals surface area contributed by atoms with Gasteiger partial charge in [0.2, 0.25) is 5.43 Å². The molecule has 38 heavy (non-hydrogen) atoms.